The number of carbonyl (C=O) groups excluding carboxylic acids is 1. The largest absolute Gasteiger partial charge is 0.343 e. The first-order chi connectivity index (χ1) is 9.08. The zero-order chi connectivity index (χ0) is 13.8. The Morgan fingerprint density at radius 1 is 1.42 bits per heavy atom. The van der Waals surface area contributed by atoms with E-state index in [0.29, 0.717) is 23.9 Å². The van der Waals surface area contributed by atoms with E-state index < -0.39 is 0 Å². The van der Waals surface area contributed by atoms with Crippen LogP contribution in [0.4, 0.5) is 0 Å². The van der Waals surface area contributed by atoms with Crippen LogP contribution in [0.25, 0.3) is 0 Å². The van der Waals surface area contributed by atoms with Crippen LogP contribution in [-0.4, -0.2) is 61.5 Å². The molecule has 1 amide bonds. The van der Waals surface area contributed by atoms with Gasteiger partial charge in [0, 0.05) is 32.1 Å². The number of carbonyl (C=O) groups is 1. The summed E-state index contributed by atoms with van der Waals surface area (Å²) in [6.07, 6.45) is 5.25. The molecule has 2 rings (SSSR count). The van der Waals surface area contributed by atoms with Crippen molar-refractivity contribution in [2.75, 3.05) is 33.7 Å². The summed E-state index contributed by atoms with van der Waals surface area (Å²) in [7, 11) is 4.17. The van der Waals surface area contributed by atoms with Gasteiger partial charge in [0.1, 0.15) is 0 Å². The molecule has 4 heteroatoms. The monoisotopic (exact) mass is 267 g/mol. The van der Waals surface area contributed by atoms with Crippen LogP contribution in [-0.2, 0) is 4.79 Å². The second kappa shape index (κ2) is 6.71. The van der Waals surface area contributed by atoms with Gasteiger partial charge in [-0.15, -0.1) is 0 Å². The number of hydrogen-bond acceptors (Lipinski definition) is 3. The molecule has 1 N–H and O–H groups in total. The van der Waals surface area contributed by atoms with Crippen LogP contribution >= 0.6 is 0 Å². The van der Waals surface area contributed by atoms with Crippen LogP contribution in [0.1, 0.15) is 39.0 Å². The van der Waals surface area contributed by atoms with Gasteiger partial charge < -0.3 is 15.1 Å². The van der Waals surface area contributed by atoms with Crippen LogP contribution < -0.4 is 5.32 Å². The molecule has 2 aliphatic heterocycles. The molecule has 2 saturated heterocycles. The molecule has 2 fully saturated rings. The van der Waals surface area contributed by atoms with E-state index in [-0.39, 0.29) is 0 Å². The van der Waals surface area contributed by atoms with Gasteiger partial charge in [0.2, 0.25) is 5.91 Å². The molecule has 0 aromatic rings. The van der Waals surface area contributed by atoms with Crippen molar-refractivity contribution in [2.45, 2.75) is 51.1 Å². The van der Waals surface area contributed by atoms with Gasteiger partial charge in [-0.25, -0.2) is 0 Å². The lowest BCUT2D eigenvalue weighted by molar-refractivity contribution is -0.133. The number of rotatable bonds is 4. The molecule has 2 aliphatic rings. The van der Waals surface area contributed by atoms with E-state index in [9.17, 15) is 4.79 Å². The molecular weight excluding hydrogens is 238 g/mol. The molecule has 3 atom stereocenters. The van der Waals surface area contributed by atoms with E-state index in [4.69, 9.17) is 0 Å². The first-order valence-electron chi connectivity index (χ1n) is 7.74. The lowest BCUT2D eigenvalue weighted by Gasteiger charge is -2.39. The summed E-state index contributed by atoms with van der Waals surface area (Å²) in [6.45, 7) is 5.59. The van der Waals surface area contributed by atoms with Gasteiger partial charge in [-0.3, -0.25) is 4.79 Å². The minimum atomic E-state index is 0.341. The zero-order valence-electron chi connectivity index (χ0n) is 12.7. The van der Waals surface area contributed by atoms with E-state index in [0.717, 1.165) is 45.3 Å². The lowest BCUT2D eigenvalue weighted by atomic mass is 9.96. The molecular formula is C15H29N3O. The number of nitrogens with one attached hydrogen (secondary N) is 1. The first kappa shape index (κ1) is 14.8. The average Bonchev–Trinajstić information content (AvgIpc) is 2.91. The van der Waals surface area contributed by atoms with Crippen LogP contribution in [0.15, 0.2) is 0 Å². The van der Waals surface area contributed by atoms with Crippen molar-refractivity contribution < 1.29 is 4.79 Å². The summed E-state index contributed by atoms with van der Waals surface area (Å²) in [4.78, 5) is 16.7. The third kappa shape index (κ3) is 3.93. The number of piperidine rings is 1. The lowest BCUT2D eigenvalue weighted by Crippen LogP contribution is -2.48. The van der Waals surface area contributed by atoms with Crippen LogP contribution in [0, 0.1) is 5.92 Å². The van der Waals surface area contributed by atoms with Gasteiger partial charge in [-0.2, -0.15) is 0 Å². The predicted octanol–water partition coefficient (Wildman–Crippen LogP) is 1.32. The summed E-state index contributed by atoms with van der Waals surface area (Å²) < 4.78 is 0. The van der Waals surface area contributed by atoms with Gasteiger partial charge in [0.05, 0.1) is 0 Å². The molecule has 0 spiro atoms. The molecule has 0 saturated carbocycles. The standard InChI is InChI=1S/C15H29N3O/c1-12-10-14(7-9-17(12)2)18(3)15(19)5-4-13-6-8-16-11-13/h12-14,16H,4-11H2,1-3H3. The fourth-order valence-electron chi connectivity index (χ4n) is 3.28. The minimum Gasteiger partial charge on any atom is -0.343 e. The van der Waals surface area contributed by atoms with Gasteiger partial charge in [0.25, 0.3) is 0 Å². The van der Waals surface area contributed by atoms with Crippen LogP contribution in [0.2, 0.25) is 0 Å². The van der Waals surface area contributed by atoms with Crippen molar-refractivity contribution in [1.29, 1.82) is 0 Å². The Hall–Kier alpha value is -0.610. The van der Waals surface area contributed by atoms with Crippen molar-refractivity contribution in [3.05, 3.63) is 0 Å². The van der Waals surface area contributed by atoms with Crippen molar-refractivity contribution in [2.24, 2.45) is 5.92 Å². The van der Waals surface area contributed by atoms with E-state index in [1.807, 2.05) is 11.9 Å². The number of nitrogens with zero attached hydrogens (tertiary/aromatic N) is 2. The third-order valence-corrected chi connectivity index (χ3v) is 5.05. The zero-order valence-corrected chi connectivity index (χ0v) is 12.7. The van der Waals surface area contributed by atoms with Gasteiger partial charge >= 0.3 is 0 Å². The number of amides is 1. The Bertz CT molecular complexity index is 302. The van der Waals surface area contributed by atoms with Crippen molar-refractivity contribution in [3.63, 3.8) is 0 Å². The summed E-state index contributed by atoms with van der Waals surface area (Å²) in [5, 5.41) is 3.37. The number of hydrogen-bond donors (Lipinski definition) is 1. The molecule has 3 unspecified atom stereocenters. The Labute approximate surface area is 117 Å². The van der Waals surface area contributed by atoms with Crippen molar-refractivity contribution in [1.82, 2.24) is 15.1 Å². The molecule has 0 aliphatic carbocycles. The van der Waals surface area contributed by atoms with E-state index in [2.05, 4.69) is 24.2 Å². The molecule has 2 heterocycles. The first-order valence-corrected chi connectivity index (χ1v) is 7.74. The predicted molar refractivity (Wildman–Crippen MR) is 78.1 cm³/mol. The highest BCUT2D eigenvalue weighted by molar-refractivity contribution is 5.76. The maximum atomic E-state index is 12.3. The van der Waals surface area contributed by atoms with Crippen molar-refractivity contribution >= 4 is 5.91 Å². The maximum absolute atomic E-state index is 12.3. The Morgan fingerprint density at radius 2 is 2.21 bits per heavy atom. The molecule has 0 bridgehead atoms. The summed E-state index contributed by atoms with van der Waals surface area (Å²) in [5.41, 5.74) is 0. The highest BCUT2D eigenvalue weighted by Crippen LogP contribution is 2.21. The van der Waals surface area contributed by atoms with Crippen LogP contribution in [0.3, 0.4) is 0 Å². The normalized spacial score (nSPS) is 32.5. The second-order valence-electron chi connectivity index (χ2n) is 6.41. The second-order valence-corrected chi connectivity index (χ2v) is 6.41. The van der Waals surface area contributed by atoms with E-state index >= 15 is 0 Å². The van der Waals surface area contributed by atoms with Gasteiger partial charge in [-0.1, -0.05) is 0 Å². The topological polar surface area (TPSA) is 35.6 Å². The van der Waals surface area contributed by atoms with Gasteiger partial charge in [0.15, 0.2) is 0 Å². The maximum Gasteiger partial charge on any atom is 0.222 e. The fraction of sp³-hybridized carbons (Fsp3) is 0.933. The Morgan fingerprint density at radius 3 is 2.84 bits per heavy atom. The highest BCUT2D eigenvalue weighted by Gasteiger charge is 2.28. The molecule has 19 heavy (non-hydrogen) atoms. The molecule has 110 valence electrons. The smallest absolute Gasteiger partial charge is 0.222 e. The van der Waals surface area contributed by atoms with Gasteiger partial charge in [-0.05, 0) is 58.7 Å². The average molecular weight is 267 g/mol. The van der Waals surface area contributed by atoms with E-state index in [1.54, 1.807) is 0 Å². The SMILES string of the molecule is CC1CC(N(C)C(=O)CCC2CCNC2)CCN1C. The third-order valence-electron chi connectivity index (χ3n) is 5.05. The van der Waals surface area contributed by atoms with Crippen molar-refractivity contribution in [3.8, 4) is 0 Å². The molecule has 0 aromatic heterocycles. The van der Waals surface area contributed by atoms with E-state index in [1.165, 1.54) is 6.42 Å². The molecule has 0 radical (unpaired) electrons. The summed E-state index contributed by atoms with van der Waals surface area (Å²) in [5.74, 6) is 1.06. The summed E-state index contributed by atoms with van der Waals surface area (Å²) >= 11 is 0. The molecule has 4 nitrogen and oxygen atoms in total. The Balaban J connectivity index is 1.75. The fourth-order valence-corrected chi connectivity index (χ4v) is 3.28. The molecule has 0 aromatic carbocycles. The van der Waals surface area contributed by atoms with Crippen LogP contribution in [0.5, 0.6) is 0 Å². The minimum absolute atomic E-state index is 0.341. The quantitative estimate of drug-likeness (QED) is 0.834. The highest BCUT2D eigenvalue weighted by atomic mass is 16.2. The Kier molecular flexibility index (Phi) is 5.22. The summed E-state index contributed by atoms with van der Waals surface area (Å²) in [6, 6.07) is 1.04. The number of likely N-dealkylation sites (tertiary alicyclic amines) is 1.